The third kappa shape index (κ3) is 4.32. The van der Waals surface area contributed by atoms with Crippen LogP contribution in [0.1, 0.15) is 27.2 Å². The molecule has 2 N–H and O–H groups in total. The minimum atomic E-state index is -4.67. The van der Waals surface area contributed by atoms with Crippen molar-refractivity contribution >= 4 is 5.91 Å². The number of aliphatic hydroxyl groups excluding tert-OH is 1. The number of hydrogen-bond donors (Lipinski definition) is 2. The Bertz CT molecular complexity index is 678. The maximum atomic E-state index is 12.8. The van der Waals surface area contributed by atoms with E-state index in [1.165, 1.54) is 7.05 Å². The molecule has 0 unspecified atom stereocenters. The van der Waals surface area contributed by atoms with Gasteiger partial charge < -0.3 is 10.4 Å². The lowest BCUT2D eigenvalue weighted by molar-refractivity contribution is -0.141. The molecule has 2 aromatic rings. The second-order valence-corrected chi connectivity index (χ2v) is 5.04. The molecule has 5 nitrogen and oxygen atoms in total. The largest absolute Gasteiger partial charge is 0.435 e. The average Bonchev–Trinajstić information content (AvgIpc) is 2.90. The molecule has 0 aliphatic carbocycles. The summed E-state index contributed by atoms with van der Waals surface area (Å²) in [6.07, 6.45) is -3.15. The van der Waals surface area contributed by atoms with E-state index in [-0.39, 0.29) is 13.2 Å². The lowest BCUT2D eigenvalue weighted by Gasteiger charge is -2.07. The first-order valence-corrected chi connectivity index (χ1v) is 6.89. The van der Waals surface area contributed by atoms with Gasteiger partial charge in [-0.25, -0.2) is 0 Å². The molecule has 0 atom stereocenters. The van der Waals surface area contributed by atoms with E-state index in [9.17, 15) is 18.0 Å². The van der Waals surface area contributed by atoms with Gasteiger partial charge in [-0.3, -0.25) is 9.48 Å². The third-order valence-corrected chi connectivity index (χ3v) is 3.25. The van der Waals surface area contributed by atoms with E-state index >= 15 is 0 Å². The topological polar surface area (TPSA) is 67.2 Å². The molecule has 0 saturated heterocycles. The Kier molecular flexibility index (Phi) is 5.05. The van der Waals surface area contributed by atoms with Gasteiger partial charge in [-0.2, -0.15) is 18.3 Å². The van der Waals surface area contributed by atoms with Crippen LogP contribution in [0.25, 0.3) is 0 Å². The first kappa shape index (κ1) is 17.0. The summed E-state index contributed by atoms with van der Waals surface area (Å²) in [6, 6.07) is 7.09. The van der Waals surface area contributed by atoms with Gasteiger partial charge in [0.05, 0.1) is 12.2 Å². The number of aromatic nitrogens is 2. The van der Waals surface area contributed by atoms with Crippen molar-refractivity contribution in [3.63, 3.8) is 0 Å². The highest BCUT2D eigenvalue weighted by Gasteiger charge is 2.38. The van der Waals surface area contributed by atoms with E-state index in [0.29, 0.717) is 6.42 Å². The highest BCUT2D eigenvalue weighted by Crippen LogP contribution is 2.30. The summed E-state index contributed by atoms with van der Waals surface area (Å²) in [7, 11) is 1.33. The molecule has 0 fully saturated rings. The van der Waals surface area contributed by atoms with Gasteiger partial charge in [-0.05, 0) is 17.5 Å². The van der Waals surface area contributed by atoms with E-state index in [0.717, 1.165) is 22.0 Å². The normalized spacial score (nSPS) is 11.5. The van der Waals surface area contributed by atoms with Crippen molar-refractivity contribution in [3.8, 4) is 0 Å². The number of halogens is 3. The van der Waals surface area contributed by atoms with Crippen LogP contribution in [0.2, 0.25) is 0 Å². The van der Waals surface area contributed by atoms with Crippen LogP contribution < -0.4 is 5.32 Å². The van der Waals surface area contributed by atoms with Gasteiger partial charge in [-0.15, -0.1) is 0 Å². The van der Waals surface area contributed by atoms with E-state index in [4.69, 9.17) is 5.11 Å². The van der Waals surface area contributed by atoms with Gasteiger partial charge in [0.15, 0.2) is 5.69 Å². The first-order chi connectivity index (χ1) is 10.8. The highest BCUT2D eigenvalue weighted by molar-refractivity contribution is 5.95. The fourth-order valence-corrected chi connectivity index (χ4v) is 2.09. The average molecular weight is 327 g/mol. The van der Waals surface area contributed by atoms with Gasteiger partial charge in [0.1, 0.15) is 0 Å². The van der Waals surface area contributed by atoms with Crippen LogP contribution in [0.3, 0.4) is 0 Å². The number of hydrogen-bond acceptors (Lipinski definition) is 3. The summed E-state index contributed by atoms with van der Waals surface area (Å²) >= 11 is 0. The fraction of sp³-hybridized carbons (Fsp3) is 0.333. The van der Waals surface area contributed by atoms with Crippen LogP contribution in [0.4, 0.5) is 13.2 Å². The highest BCUT2D eigenvalue weighted by atomic mass is 19.4. The Morgan fingerprint density at radius 2 is 1.87 bits per heavy atom. The van der Waals surface area contributed by atoms with Crippen LogP contribution in [-0.4, -0.2) is 27.3 Å². The Balaban J connectivity index is 1.97. The van der Waals surface area contributed by atoms with Crippen molar-refractivity contribution in [1.29, 1.82) is 0 Å². The molecule has 124 valence electrons. The molecule has 0 saturated carbocycles. The van der Waals surface area contributed by atoms with Gasteiger partial charge in [0, 0.05) is 19.8 Å². The Morgan fingerprint density at radius 1 is 1.26 bits per heavy atom. The molecule has 0 radical (unpaired) electrons. The van der Waals surface area contributed by atoms with Gasteiger partial charge in [0.25, 0.3) is 5.91 Å². The number of benzene rings is 1. The molecule has 0 spiro atoms. The quantitative estimate of drug-likeness (QED) is 0.881. The van der Waals surface area contributed by atoms with Gasteiger partial charge in [-0.1, -0.05) is 24.3 Å². The van der Waals surface area contributed by atoms with Crippen molar-refractivity contribution in [2.24, 2.45) is 7.05 Å². The van der Waals surface area contributed by atoms with E-state index < -0.39 is 23.3 Å². The smallest absolute Gasteiger partial charge is 0.392 e. The first-order valence-electron chi connectivity index (χ1n) is 6.89. The number of carbonyl (C=O) groups is 1. The van der Waals surface area contributed by atoms with E-state index in [1.807, 2.05) is 0 Å². The van der Waals surface area contributed by atoms with Crippen molar-refractivity contribution in [2.45, 2.75) is 19.2 Å². The van der Waals surface area contributed by atoms with Crippen LogP contribution in [0, 0.1) is 0 Å². The zero-order valence-corrected chi connectivity index (χ0v) is 12.4. The number of rotatable bonds is 5. The lowest BCUT2D eigenvalue weighted by Crippen LogP contribution is -2.27. The Morgan fingerprint density at radius 3 is 2.43 bits per heavy atom. The number of alkyl halides is 3. The summed E-state index contributed by atoms with van der Waals surface area (Å²) in [5.41, 5.74) is -0.00637. The molecule has 1 aromatic heterocycles. The predicted octanol–water partition coefficient (Wildman–Crippen LogP) is 1.90. The number of carbonyl (C=O) groups excluding carboxylic acids is 1. The number of aryl methyl sites for hydroxylation is 1. The maximum absolute atomic E-state index is 12.8. The molecule has 1 amide bonds. The predicted molar refractivity (Wildman–Crippen MR) is 76.6 cm³/mol. The monoisotopic (exact) mass is 327 g/mol. The summed E-state index contributed by atoms with van der Waals surface area (Å²) < 4.78 is 39.4. The SMILES string of the molecule is Cn1cc(C(=O)NCCc2ccc(CO)cc2)c(C(F)(F)F)n1. The van der Waals surface area contributed by atoms with Crippen LogP contribution >= 0.6 is 0 Å². The van der Waals surface area contributed by atoms with Gasteiger partial charge in [0.2, 0.25) is 0 Å². The fourth-order valence-electron chi connectivity index (χ4n) is 2.09. The van der Waals surface area contributed by atoms with Gasteiger partial charge >= 0.3 is 6.18 Å². The zero-order chi connectivity index (χ0) is 17.0. The second kappa shape index (κ2) is 6.82. The second-order valence-electron chi connectivity index (χ2n) is 5.04. The number of aliphatic hydroxyl groups is 1. The molecular weight excluding hydrogens is 311 g/mol. The molecule has 0 aliphatic rings. The standard InChI is InChI=1S/C15H16F3N3O2/c1-21-8-12(13(20-21)15(16,17)18)14(23)19-7-6-10-2-4-11(9-22)5-3-10/h2-5,8,22H,6-7,9H2,1H3,(H,19,23). The maximum Gasteiger partial charge on any atom is 0.435 e. The van der Waals surface area contributed by atoms with Crippen LogP contribution in [-0.2, 0) is 26.3 Å². The Hall–Kier alpha value is -2.35. The van der Waals surface area contributed by atoms with Crippen LogP contribution in [0.15, 0.2) is 30.5 Å². The molecule has 1 heterocycles. The van der Waals surface area contributed by atoms with Crippen molar-refractivity contribution < 1.29 is 23.1 Å². The van der Waals surface area contributed by atoms with Crippen LogP contribution in [0.5, 0.6) is 0 Å². The molecule has 23 heavy (non-hydrogen) atoms. The summed E-state index contributed by atoms with van der Waals surface area (Å²) in [4.78, 5) is 11.9. The minimum Gasteiger partial charge on any atom is -0.392 e. The number of amides is 1. The molecule has 2 rings (SSSR count). The van der Waals surface area contributed by atoms with E-state index in [2.05, 4.69) is 10.4 Å². The number of nitrogens with one attached hydrogen (secondary N) is 1. The van der Waals surface area contributed by atoms with Crippen molar-refractivity contribution in [1.82, 2.24) is 15.1 Å². The minimum absolute atomic E-state index is 0.0573. The Labute approximate surface area is 130 Å². The van der Waals surface area contributed by atoms with Crippen molar-refractivity contribution in [2.75, 3.05) is 6.54 Å². The number of nitrogens with zero attached hydrogens (tertiary/aromatic N) is 2. The van der Waals surface area contributed by atoms with E-state index in [1.54, 1.807) is 24.3 Å². The summed E-state index contributed by atoms with van der Waals surface area (Å²) in [5.74, 6) is -0.808. The summed E-state index contributed by atoms with van der Waals surface area (Å²) in [6.45, 7) is 0.141. The molecule has 8 heteroatoms. The summed E-state index contributed by atoms with van der Waals surface area (Å²) in [5, 5.41) is 14.7. The zero-order valence-electron chi connectivity index (χ0n) is 12.4. The third-order valence-electron chi connectivity index (χ3n) is 3.25. The van der Waals surface area contributed by atoms with Crippen molar-refractivity contribution in [3.05, 3.63) is 52.8 Å². The molecule has 0 aliphatic heterocycles. The molecule has 0 bridgehead atoms. The lowest BCUT2D eigenvalue weighted by atomic mass is 10.1. The molecular formula is C15H16F3N3O2. The molecule has 1 aromatic carbocycles.